The largest absolute Gasteiger partial charge is 0.352 e. The number of nitrogens with zero attached hydrogens (tertiary/aromatic N) is 4. The van der Waals surface area contributed by atoms with Gasteiger partial charge in [-0.05, 0) is 31.2 Å². The quantitative estimate of drug-likeness (QED) is 0.447. The molecule has 3 heterocycles. The molecule has 30 heavy (non-hydrogen) atoms. The maximum absolute atomic E-state index is 12.2. The highest BCUT2D eigenvalue weighted by Gasteiger charge is 2.16. The number of aromatic nitrogens is 4. The van der Waals surface area contributed by atoms with E-state index in [9.17, 15) is 8.42 Å². The summed E-state index contributed by atoms with van der Waals surface area (Å²) in [6.07, 6.45) is 2.63. The third kappa shape index (κ3) is 3.92. The Morgan fingerprint density at radius 3 is 2.53 bits per heavy atom. The summed E-state index contributed by atoms with van der Waals surface area (Å²) in [6, 6.07) is 13.7. The minimum absolute atomic E-state index is 0.186. The molecule has 0 aliphatic heterocycles. The maximum atomic E-state index is 12.2. The first kappa shape index (κ1) is 19.4. The Hall–Kier alpha value is -3.97. The zero-order chi connectivity index (χ0) is 21.3. The Morgan fingerprint density at radius 1 is 1.03 bits per heavy atom. The fraction of sp³-hybridized carbons (Fsp3) is 0.100. The lowest BCUT2D eigenvalue weighted by Crippen LogP contribution is -2.04. The van der Waals surface area contributed by atoms with Crippen LogP contribution >= 0.6 is 0 Å². The predicted octanol–water partition coefficient (Wildman–Crippen LogP) is 3.42. The number of rotatable bonds is 5. The molecule has 0 aliphatic rings. The molecular weight excluding hydrogens is 402 g/mol. The zero-order valence-corrected chi connectivity index (χ0v) is 16.9. The van der Waals surface area contributed by atoms with Crippen molar-refractivity contribution in [2.45, 2.75) is 11.8 Å². The number of H-pyrrole nitrogens is 1. The highest BCUT2D eigenvalue weighted by Crippen LogP contribution is 2.30. The van der Waals surface area contributed by atoms with E-state index >= 15 is 0 Å². The highest BCUT2D eigenvalue weighted by molar-refractivity contribution is 7.90. The van der Waals surface area contributed by atoms with Crippen LogP contribution in [-0.4, -0.2) is 34.6 Å². The molecule has 4 rings (SSSR count). The monoisotopic (exact) mass is 419 g/mol. The minimum atomic E-state index is -3.43. The fourth-order valence-electron chi connectivity index (χ4n) is 2.97. The second-order valence-corrected chi connectivity index (χ2v) is 8.62. The van der Waals surface area contributed by atoms with Gasteiger partial charge in [-0.25, -0.2) is 23.4 Å². The molecule has 0 atom stereocenters. The van der Waals surface area contributed by atoms with E-state index in [1.807, 2.05) is 13.0 Å². The predicted molar refractivity (Wildman–Crippen MR) is 114 cm³/mol. The molecule has 3 N–H and O–H groups in total. The van der Waals surface area contributed by atoms with Gasteiger partial charge in [-0.1, -0.05) is 12.1 Å². The number of imidazole rings is 1. The molecule has 0 unspecified atom stereocenters. The summed E-state index contributed by atoms with van der Waals surface area (Å²) >= 11 is 0. The Balaban J connectivity index is 1.77. The van der Waals surface area contributed by atoms with Crippen molar-refractivity contribution in [3.8, 4) is 6.07 Å². The number of anilines is 4. The van der Waals surface area contributed by atoms with Crippen LogP contribution in [0.3, 0.4) is 0 Å². The van der Waals surface area contributed by atoms with Crippen molar-refractivity contribution in [2.24, 2.45) is 0 Å². The number of fused-ring (bicyclic) bond motifs is 1. The lowest BCUT2D eigenvalue weighted by atomic mass is 10.2. The maximum Gasteiger partial charge on any atom is 0.177 e. The van der Waals surface area contributed by atoms with E-state index in [2.05, 4.69) is 30.6 Å². The first-order valence-corrected chi connectivity index (χ1v) is 10.8. The van der Waals surface area contributed by atoms with Crippen molar-refractivity contribution in [1.82, 2.24) is 19.9 Å². The Bertz CT molecular complexity index is 1390. The van der Waals surface area contributed by atoms with Gasteiger partial charge in [0.15, 0.2) is 15.5 Å². The Kier molecular flexibility index (Phi) is 4.81. The van der Waals surface area contributed by atoms with Gasteiger partial charge >= 0.3 is 0 Å². The first-order valence-electron chi connectivity index (χ1n) is 8.90. The van der Waals surface area contributed by atoms with E-state index in [4.69, 9.17) is 5.26 Å². The second kappa shape index (κ2) is 7.46. The van der Waals surface area contributed by atoms with Crippen molar-refractivity contribution < 1.29 is 8.42 Å². The molecule has 0 spiro atoms. The Morgan fingerprint density at radius 2 is 1.83 bits per heavy atom. The van der Waals surface area contributed by atoms with Gasteiger partial charge in [0.2, 0.25) is 0 Å². The van der Waals surface area contributed by atoms with Crippen LogP contribution in [0, 0.1) is 18.3 Å². The molecule has 0 fully saturated rings. The topological polar surface area (TPSA) is 136 Å². The molecule has 10 heteroatoms. The van der Waals surface area contributed by atoms with Gasteiger partial charge in [0.1, 0.15) is 29.0 Å². The molecule has 9 nitrogen and oxygen atoms in total. The third-order valence-electron chi connectivity index (χ3n) is 4.28. The summed E-state index contributed by atoms with van der Waals surface area (Å²) in [5.41, 5.74) is 2.58. The molecule has 0 aliphatic carbocycles. The first-order chi connectivity index (χ1) is 14.3. The second-order valence-electron chi connectivity index (χ2n) is 6.64. The molecule has 150 valence electrons. The van der Waals surface area contributed by atoms with Gasteiger partial charge in [-0.2, -0.15) is 5.26 Å². The minimum Gasteiger partial charge on any atom is -0.352 e. The van der Waals surface area contributed by atoms with Crippen LogP contribution in [0.1, 0.15) is 11.4 Å². The molecule has 3 aromatic heterocycles. The number of aromatic amines is 1. The van der Waals surface area contributed by atoms with Crippen molar-refractivity contribution in [3.05, 3.63) is 60.0 Å². The number of nitriles is 1. The van der Waals surface area contributed by atoms with Crippen LogP contribution in [0.4, 0.5) is 23.0 Å². The van der Waals surface area contributed by atoms with Crippen molar-refractivity contribution in [2.75, 3.05) is 16.9 Å². The van der Waals surface area contributed by atoms with Crippen LogP contribution in [0.2, 0.25) is 0 Å². The highest BCUT2D eigenvalue weighted by atomic mass is 32.2. The van der Waals surface area contributed by atoms with Crippen LogP contribution in [0.5, 0.6) is 0 Å². The SMILES string of the molecule is Cc1nc2c(Nc3ccccc3S(C)(=O)=O)cc(Nc3ccc(C#N)cn3)nc2[nH]1. The summed E-state index contributed by atoms with van der Waals surface area (Å²) in [7, 11) is -3.43. The molecule has 1 aromatic carbocycles. The number of para-hydroxylation sites is 1. The van der Waals surface area contributed by atoms with Crippen molar-refractivity contribution in [3.63, 3.8) is 0 Å². The Labute approximate surface area is 172 Å². The lowest BCUT2D eigenvalue weighted by molar-refractivity contribution is 0.602. The molecule has 0 amide bonds. The molecule has 4 aromatic rings. The molecule has 0 bridgehead atoms. The number of benzene rings is 1. The fourth-order valence-corrected chi connectivity index (χ4v) is 3.81. The van der Waals surface area contributed by atoms with Gasteiger partial charge in [0.05, 0.1) is 21.8 Å². The smallest absolute Gasteiger partial charge is 0.177 e. The summed E-state index contributed by atoms with van der Waals surface area (Å²) in [5.74, 6) is 1.66. The van der Waals surface area contributed by atoms with E-state index in [1.165, 1.54) is 6.20 Å². The summed E-state index contributed by atoms with van der Waals surface area (Å²) in [6.45, 7) is 1.81. The van der Waals surface area contributed by atoms with Gasteiger partial charge in [0, 0.05) is 18.5 Å². The standard InChI is InChI=1S/C20H17N7O2S/c1-12-23-19-15(25-14-5-3-4-6-16(14)30(2,28)29)9-18(27-20(19)24-12)26-17-8-7-13(10-21)11-22-17/h3-9,11H,1-2H3,(H3,22,23,24,25,26,27). The third-order valence-corrected chi connectivity index (χ3v) is 5.43. The number of hydrogen-bond donors (Lipinski definition) is 3. The average molecular weight is 419 g/mol. The van der Waals surface area contributed by atoms with Crippen LogP contribution in [0.15, 0.2) is 53.6 Å². The van der Waals surface area contributed by atoms with E-state index in [1.54, 1.807) is 42.5 Å². The zero-order valence-electron chi connectivity index (χ0n) is 16.1. The van der Waals surface area contributed by atoms with Crippen LogP contribution < -0.4 is 10.6 Å². The van der Waals surface area contributed by atoms with Crippen molar-refractivity contribution >= 4 is 44.0 Å². The molecule has 0 saturated heterocycles. The van der Waals surface area contributed by atoms with Gasteiger partial charge in [0.25, 0.3) is 0 Å². The van der Waals surface area contributed by atoms with Crippen LogP contribution in [0.25, 0.3) is 11.2 Å². The van der Waals surface area contributed by atoms with E-state index < -0.39 is 9.84 Å². The molecule has 0 radical (unpaired) electrons. The average Bonchev–Trinajstić information content (AvgIpc) is 3.09. The van der Waals surface area contributed by atoms with Gasteiger partial charge < -0.3 is 15.6 Å². The van der Waals surface area contributed by atoms with Crippen LogP contribution in [-0.2, 0) is 9.84 Å². The van der Waals surface area contributed by atoms with E-state index in [0.717, 1.165) is 6.26 Å². The van der Waals surface area contributed by atoms with E-state index in [0.29, 0.717) is 45.6 Å². The summed E-state index contributed by atoms with van der Waals surface area (Å²) < 4.78 is 24.3. The number of aryl methyl sites for hydroxylation is 1. The van der Waals surface area contributed by atoms with Gasteiger partial charge in [-0.15, -0.1) is 0 Å². The molecule has 0 saturated carbocycles. The van der Waals surface area contributed by atoms with Crippen molar-refractivity contribution in [1.29, 1.82) is 5.26 Å². The molecular formula is C20H17N7O2S. The normalized spacial score (nSPS) is 11.2. The summed E-state index contributed by atoms with van der Waals surface area (Å²) in [4.78, 5) is 16.4. The lowest BCUT2D eigenvalue weighted by Gasteiger charge is -2.13. The number of hydrogen-bond acceptors (Lipinski definition) is 8. The van der Waals surface area contributed by atoms with Gasteiger partial charge in [-0.3, -0.25) is 0 Å². The number of sulfone groups is 1. The number of pyridine rings is 2. The summed E-state index contributed by atoms with van der Waals surface area (Å²) in [5, 5.41) is 15.2. The number of nitrogens with one attached hydrogen (secondary N) is 3. The van der Waals surface area contributed by atoms with E-state index in [-0.39, 0.29) is 4.90 Å².